The fourth-order valence-electron chi connectivity index (χ4n) is 3.12. The average molecular weight is 359 g/mol. The molecule has 1 aromatic carbocycles. The van der Waals surface area contributed by atoms with E-state index in [-0.39, 0.29) is 5.82 Å². The summed E-state index contributed by atoms with van der Waals surface area (Å²) >= 11 is 3.26. The number of benzene rings is 1. The van der Waals surface area contributed by atoms with Crippen molar-refractivity contribution < 1.29 is 14.2 Å². The summed E-state index contributed by atoms with van der Waals surface area (Å²) in [6.45, 7) is 4.50. The van der Waals surface area contributed by atoms with Gasteiger partial charge in [0.2, 0.25) is 0 Å². The molecule has 1 aromatic rings. The van der Waals surface area contributed by atoms with Gasteiger partial charge in [-0.3, -0.25) is 0 Å². The number of ether oxygens (including phenoxy) is 1. The zero-order valence-electron chi connectivity index (χ0n) is 13.0. The van der Waals surface area contributed by atoms with Crippen LogP contribution in [0.2, 0.25) is 0 Å². The zero-order chi connectivity index (χ0) is 15.7. The Morgan fingerprint density at radius 2 is 1.90 bits per heavy atom. The minimum atomic E-state index is -0.628. The van der Waals surface area contributed by atoms with Crippen LogP contribution in [0.15, 0.2) is 22.7 Å². The minimum Gasteiger partial charge on any atom is -0.390 e. The van der Waals surface area contributed by atoms with Gasteiger partial charge in [0.1, 0.15) is 5.82 Å². The molecule has 1 N–H and O–H groups in total. The van der Waals surface area contributed by atoms with E-state index < -0.39 is 11.7 Å². The van der Waals surface area contributed by atoms with Gasteiger partial charge in [-0.25, -0.2) is 4.39 Å². The molecule has 1 fully saturated rings. The lowest BCUT2D eigenvalue weighted by Gasteiger charge is -2.45. The van der Waals surface area contributed by atoms with Crippen molar-refractivity contribution in [2.24, 2.45) is 5.41 Å². The van der Waals surface area contributed by atoms with Gasteiger partial charge in [-0.2, -0.15) is 0 Å². The summed E-state index contributed by atoms with van der Waals surface area (Å²) in [6.07, 6.45) is 3.50. The van der Waals surface area contributed by atoms with Crippen LogP contribution in [0.4, 0.5) is 4.39 Å². The van der Waals surface area contributed by atoms with Crippen LogP contribution < -0.4 is 0 Å². The highest BCUT2D eigenvalue weighted by Crippen LogP contribution is 2.44. The molecule has 2 nitrogen and oxygen atoms in total. The predicted molar refractivity (Wildman–Crippen MR) is 85.8 cm³/mol. The highest BCUT2D eigenvalue weighted by Gasteiger charge is 2.43. The van der Waals surface area contributed by atoms with Crippen LogP contribution in [-0.4, -0.2) is 23.9 Å². The molecule has 1 unspecified atom stereocenters. The molecule has 0 amide bonds. The van der Waals surface area contributed by atoms with Gasteiger partial charge in [0.05, 0.1) is 16.2 Å². The zero-order valence-corrected chi connectivity index (χ0v) is 14.5. The van der Waals surface area contributed by atoms with Crippen molar-refractivity contribution in [3.8, 4) is 0 Å². The van der Waals surface area contributed by atoms with Crippen LogP contribution >= 0.6 is 15.9 Å². The molecule has 1 atom stereocenters. The molecule has 0 bridgehead atoms. The lowest BCUT2D eigenvalue weighted by molar-refractivity contribution is -0.135. The highest BCUT2D eigenvalue weighted by atomic mass is 79.9. The van der Waals surface area contributed by atoms with Crippen LogP contribution in [0.5, 0.6) is 0 Å². The van der Waals surface area contributed by atoms with E-state index in [2.05, 4.69) is 29.8 Å². The predicted octanol–water partition coefficient (Wildman–Crippen LogP) is 4.48. The molecule has 0 spiro atoms. The van der Waals surface area contributed by atoms with Crippen molar-refractivity contribution >= 4 is 15.9 Å². The van der Waals surface area contributed by atoms with Gasteiger partial charge in [-0.1, -0.05) is 26.0 Å². The molecule has 1 aliphatic carbocycles. The smallest absolute Gasteiger partial charge is 0.137 e. The summed E-state index contributed by atoms with van der Waals surface area (Å²) in [6, 6.07) is 4.92. The van der Waals surface area contributed by atoms with E-state index in [0.29, 0.717) is 16.3 Å². The van der Waals surface area contributed by atoms with Gasteiger partial charge in [-0.05, 0) is 58.7 Å². The number of hydrogen-bond acceptors (Lipinski definition) is 2. The fraction of sp³-hybridized carbons (Fsp3) is 0.647. The molecule has 118 valence electrons. The highest BCUT2D eigenvalue weighted by molar-refractivity contribution is 9.10. The maximum atomic E-state index is 13.6. The third-order valence-electron chi connectivity index (χ3n) is 4.91. The number of aliphatic hydroxyl groups excluding tert-OH is 1. The lowest BCUT2D eigenvalue weighted by atomic mass is 9.68. The number of hydrogen-bond donors (Lipinski definition) is 1. The van der Waals surface area contributed by atoms with E-state index in [4.69, 9.17) is 4.74 Å². The first kappa shape index (κ1) is 16.9. The Labute approximate surface area is 134 Å². The molecule has 0 heterocycles. The average Bonchev–Trinajstić information content (AvgIpc) is 2.44. The molecule has 1 aliphatic rings. The molecule has 0 saturated heterocycles. The van der Waals surface area contributed by atoms with E-state index in [1.165, 1.54) is 6.07 Å². The van der Waals surface area contributed by atoms with Gasteiger partial charge in [0.25, 0.3) is 0 Å². The van der Waals surface area contributed by atoms with Crippen molar-refractivity contribution in [3.05, 3.63) is 34.1 Å². The molecule has 4 heteroatoms. The SMILES string of the molecule is COC1(C(O)Cc2cccc(F)c2Br)CCC(C)(C)CC1. The first-order valence-electron chi connectivity index (χ1n) is 7.46. The van der Waals surface area contributed by atoms with Crippen molar-refractivity contribution in [1.82, 2.24) is 0 Å². The summed E-state index contributed by atoms with van der Waals surface area (Å²) in [5.74, 6) is -0.295. The fourth-order valence-corrected chi connectivity index (χ4v) is 3.55. The van der Waals surface area contributed by atoms with Gasteiger partial charge in [0, 0.05) is 13.5 Å². The summed E-state index contributed by atoms with van der Waals surface area (Å²) < 4.78 is 19.7. The first-order chi connectivity index (χ1) is 9.80. The molecular formula is C17H24BrFO2. The number of halogens is 2. The Morgan fingerprint density at radius 1 is 1.29 bits per heavy atom. The van der Waals surface area contributed by atoms with Crippen LogP contribution in [0.25, 0.3) is 0 Å². The summed E-state index contributed by atoms with van der Waals surface area (Å²) in [5, 5.41) is 10.7. The summed E-state index contributed by atoms with van der Waals surface area (Å²) in [7, 11) is 1.67. The van der Waals surface area contributed by atoms with Crippen LogP contribution in [0, 0.1) is 11.2 Å². The van der Waals surface area contributed by atoms with E-state index in [9.17, 15) is 9.50 Å². The standard InChI is InChI=1S/C17H24BrFO2/c1-16(2)7-9-17(21-3,10-8-16)14(20)11-12-5-4-6-13(19)15(12)18/h4-6,14,20H,7-11H2,1-3H3. The van der Waals surface area contributed by atoms with E-state index in [1.54, 1.807) is 13.2 Å². The van der Waals surface area contributed by atoms with Crippen LogP contribution in [-0.2, 0) is 11.2 Å². The Balaban J connectivity index is 2.14. The maximum absolute atomic E-state index is 13.6. The molecule has 0 radical (unpaired) electrons. The number of aliphatic hydroxyl groups is 1. The van der Waals surface area contributed by atoms with Crippen molar-refractivity contribution in [2.75, 3.05) is 7.11 Å². The van der Waals surface area contributed by atoms with Crippen molar-refractivity contribution in [1.29, 1.82) is 0 Å². The Bertz CT molecular complexity index is 492. The van der Waals surface area contributed by atoms with Gasteiger partial charge >= 0.3 is 0 Å². The Hall–Kier alpha value is -0.450. The van der Waals surface area contributed by atoms with Gasteiger partial charge in [-0.15, -0.1) is 0 Å². The Morgan fingerprint density at radius 3 is 2.48 bits per heavy atom. The third kappa shape index (κ3) is 3.66. The van der Waals surface area contributed by atoms with Crippen molar-refractivity contribution in [3.63, 3.8) is 0 Å². The van der Waals surface area contributed by atoms with E-state index >= 15 is 0 Å². The quantitative estimate of drug-likeness (QED) is 0.859. The molecule has 2 rings (SSSR count). The lowest BCUT2D eigenvalue weighted by Crippen LogP contribution is -2.49. The topological polar surface area (TPSA) is 29.5 Å². The van der Waals surface area contributed by atoms with Crippen LogP contribution in [0.1, 0.15) is 45.1 Å². The molecule has 21 heavy (non-hydrogen) atoms. The molecule has 1 saturated carbocycles. The van der Waals surface area contributed by atoms with E-state index in [0.717, 1.165) is 31.2 Å². The van der Waals surface area contributed by atoms with Gasteiger partial charge < -0.3 is 9.84 Å². The normalized spacial score (nSPS) is 22.0. The number of rotatable bonds is 4. The second-order valence-corrected chi connectivity index (χ2v) is 7.66. The molecule has 0 aliphatic heterocycles. The maximum Gasteiger partial charge on any atom is 0.137 e. The minimum absolute atomic E-state index is 0.295. The monoisotopic (exact) mass is 358 g/mol. The molecule has 0 aromatic heterocycles. The summed E-state index contributed by atoms with van der Waals surface area (Å²) in [5.41, 5.74) is 0.575. The Kier molecular flexibility index (Phi) is 5.11. The van der Waals surface area contributed by atoms with E-state index in [1.807, 2.05) is 6.07 Å². The van der Waals surface area contributed by atoms with Crippen molar-refractivity contribution in [2.45, 2.75) is 57.7 Å². The second-order valence-electron chi connectivity index (χ2n) is 6.87. The first-order valence-corrected chi connectivity index (χ1v) is 8.25. The summed E-state index contributed by atoms with van der Waals surface area (Å²) in [4.78, 5) is 0. The van der Waals surface area contributed by atoms with Crippen LogP contribution in [0.3, 0.4) is 0 Å². The number of methoxy groups -OCH3 is 1. The third-order valence-corrected chi connectivity index (χ3v) is 5.80. The molecular weight excluding hydrogens is 335 g/mol. The van der Waals surface area contributed by atoms with Gasteiger partial charge in [0.15, 0.2) is 0 Å². The second kappa shape index (κ2) is 6.35. The largest absolute Gasteiger partial charge is 0.390 e.